The molecule has 1 heterocycles. The monoisotopic (exact) mass is 371 g/mol. The molecule has 0 aromatic carbocycles. The Morgan fingerprint density at radius 3 is 2.27 bits per heavy atom. The Morgan fingerprint density at radius 2 is 1.73 bits per heavy atom. The van der Waals surface area contributed by atoms with Gasteiger partial charge in [-0.1, -0.05) is 13.8 Å². The van der Waals surface area contributed by atoms with Crippen molar-refractivity contribution in [3.05, 3.63) is 0 Å². The molecule has 1 aliphatic rings. The number of nitrogens with zero attached hydrogens (tertiary/aromatic N) is 2. The lowest BCUT2D eigenvalue weighted by molar-refractivity contribution is -0.126. The van der Waals surface area contributed by atoms with Crippen LogP contribution in [0.4, 0.5) is 4.79 Å². The van der Waals surface area contributed by atoms with Gasteiger partial charge in [0.25, 0.3) is 0 Å². The summed E-state index contributed by atoms with van der Waals surface area (Å²) in [6, 6.07) is 0. The maximum atomic E-state index is 12.2. The standard InChI is InChI=1S/C19H37N3O4/c1-6-21(7-2)13-15-25-14-10-20-17(23)16-8-11-22(12-9-16)18(24)26-19(3,4)5/h16H,6-15H2,1-5H3,(H,20,23). The number of piperidine rings is 1. The van der Waals surface area contributed by atoms with E-state index < -0.39 is 5.60 Å². The van der Waals surface area contributed by atoms with Crippen LogP contribution in [-0.2, 0) is 14.3 Å². The minimum Gasteiger partial charge on any atom is -0.444 e. The second kappa shape index (κ2) is 11.4. The molecular formula is C19H37N3O4. The summed E-state index contributed by atoms with van der Waals surface area (Å²) >= 11 is 0. The molecule has 0 atom stereocenters. The number of hydrogen-bond donors (Lipinski definition) is 1. The molecular weight excluding hydrogens is 334 g/mol. The number of carbonyl (C=O) groups is 2. The molecule has 26 heavy (non-hydrogen) atoms. The third-order valence-corrected chi connectivity index (χ3v) is 4.51. The normalized spacial score (nSPS) is 16.0. The number of carbonyl (C=O) groups excluding carboxylic acids is 2. The van der Waals surface area contributed by atoms with E-state index in [1.54, 1.807) is 4.90 Å². The minimum atomic E-state index is -0.489. The van der Waals surface area contributed by atoms with Gasteiger partial charge in [-0.3, -0.25) is 4.79 Å². The van der Waals surface area contributed by atoms with Crippen molar-refractivity contribution in [3.8, 4) is 0 Å². The van der Waals surface area contributed by atoms with E-state index in [1.165, 1.54) is 0 Å². The summed E-state index contributed by atoms with van der Waals surface area (Å²) in [4.78, 5) is 28.3. The number of likely N-dealkylation sites (N-methyl/N-ethyl adjacent to an activating group) is 1. The lowest BCUT2D eigenvalue weighted by Crippen LogP contribution is -2.45. The second-order valence-corrected chi connectivity index (χ2v) is 7.67. The number of rotatable bonds is 9. The zero-order chi connectivity index (χ0) is 19.6. The fourth-order valence-corrected chi connectivity index (χ4v) is 2.88. The van der Waals surface area contributed by atoms with Crippen molar-refractivity contribution in [2.75, 3.05) is 52.5 Å². The fraction of sp³-hybridized carbons (Fsp3) is 0.895. The summed E-state index contributed by atoms with van der Waals surface area (Å²) in [5, 5.41) is 2.94. The number of hydrogen-bond acceptors (Lipinski definition) is 5. The van der Waals surface area contributed by atoms with E-state index >= 15 is 0 Å². The van der Waals surface area contributed by atoms with Crippen molar-refractivity contribution in [2.24, 2.45) is 5.92 Å². The molecule has 0 aliphatic carbocycles. The van der Waals surface area contributed by atoms with E-state index in [0.717, 1.165) is 19.6 Å². The molecule has 2 amide bonds. The van der Waals surface area contributed by atoms with Crippen LogP contribution >= 0.6 is 0 Å². The molecule has 0 radical (unpaired) electrons. The zero-order valence-corrected chi connectivity index (χ0v) is 17.2. The van der Waals surface area contributed by atoms with Gasteiger partial charge in [-0.15, -0.1) is 0 Å². The van der Waals surface area contributed by atoms with Crippen LogP contribution in [0.1, 0.15) is 47.5 Å². The number of ether oxygens (including phenoxy) is 2. The Balaban J connectivity index is 2.15. The smallest absolute Gasteiger partial charge is 0.410 e. The molecule has 0 spiro atoms. The van der Waals surface area contributed by atoms with Crippen LogP contribution in [0.25, 0.3) is 0 Å². The van der Waals surface area contributed by atoms with Crippen molar-refractivity contribution in [1.29, 1.82) is 0 Å². The molecule has 152 valence electrons. The van der Waals surface area contributed by atoms with Crippen molar-refractivity contribution < 1.29 is 19.1 Å². The van der Waals surface area contributed by atoms with Gasteiger partial charge >= 0.3 is 6.09 Å². The van der Waals surface area contributed by atoms with E-state index in [-0.39, 0.29) is 17.9 Å². The molecule has 0 aromatic rings. The zero-order valence-electron chi connectivity index (χ0n) is 17.2. The van der Waals surface area contributed by atoms with E-state index in [4.69, 9.17) is 9.47 Å². The summed E-state index contributed by atoms with van der Waals surface area (Å²) in [6.45, 7) is 15.7. The summed E-state index contributed by atoms with van der Waals surface area (Å²) < 4.78 is 10.9. The molecule has 7 nitrogen and oxygen atoms in total. The van der Waals surface area contributed by atoms with Gasteiger partial charge < -0.3 is 24.6 Å². The van der Waals surface area contributed by atoms with Gasteiger partial charge in [-0.2, -0.15) is 0 Å². The first-order valence-corrected chi connectivity index (χ1v) is 9.82. The van der Waals surface area contributed by atoms with Crippen LogP contribution in [0.5, 0.6) is 0 Å². The summed E-state index contributed by atoms with van der Waals surface area (Å²) in [7, 11) is 0. The highest BCUT2D eigenvalue weighted by Crippen LogP contribution is 2.19. The Morgan fingerprint density at radius 1 is 1.12 bits per heavy atom. The molecule has 7 heteroatoms. The largest absolute Gasteiger partial charge is 0.444 e. The highest BCUT2D eigenvalue weighted by Gasteiger charge is 2.29. The van der Waals surface area contributed by atoms with Gasteiger partial charge in [0.1, 0.15) is 5.60 Å². The van der Waals surface area contributed by atoms with Crippen LogP contribution < -0.4 is 5.32 Å². The maximum Gasteiger partial charge on any atom is 0.410 e. The SMILES string of the molecule is CCN(CC)CCOCCNC(=O)C1CCN(C(=O)OC(C)(C)C)CC1. The first-order chi connectivity index (χ1) is 12.3. The number of amides is 2. The summed E-state index contributed by atoms with van der Waals surface area (Å²) in [5.74, 6) is 0.0190. The van der Waals surface area contributed by atoms with Crippen LogP contribution in [0.15, 0.2) is 0 Å². The quantitative estimate of drug-likeness (QED) is 0.629. The number of nitrogens with one attached hydrogen (secondary N) is 1. The van der Waals surface area contributed by atoms with Crippen molar-refractivity contribution >= 4 is 12.0 Å². The fourth-order valence-electron chi connectivity index (χ4n) is 2.88. The third-order valence-electron chi connectivity index (χ3n) is 4.51. The van der Waals surface area contributed by atoms with Crippen LogP contribution in [0.2, 0.25) is 0 Å². The van der Waals surface area contributed by atoms with Gasteiger partial charge in [0.15, 0.2) is 0 Å². The number of likely N-dealkylation sites (tertiary alicyclic amines) is 1. The van der Waals surface area contributed by atoms with Crippen LogP contribution in [0.3, 0.4) is 0 Å². The predicted molar refractivity (Wildman–Crippen MR) is 102 cm³/mol. The van der Waals surface area contributed by atoms with Crippen molar-refractivity contribution in [2.45, 2.75) is 53.1 Å². The maximum absolute atomic E-state index is 12.2. The molecule has 1 saturated heterocycles. The first kappa shape index (κ1) is 22.7. The van der Waals surface area contributed by atoms with Gasteiger partial charge in [-0.25, -0.2) is 4.79 Å². The molecule has 0 unspecified atom stereocenters. The topological polar surface area (TPSA) is 71.1 Å². The van der Waals surface area contributed by atoms with Crippen molar-refractivity contribution in [3.63, 3.8) is 0 Å². The van der Waals surface area contributed by atoms with E-state index in [0.29, 0.717) is 45.7 Å². The average molecular weight is 372 g/mol. The molecule has 1 rings (SSSR count). The second-order valence-electron chi connectivity index (χ2n) is 7.67. The van der Waals surface area contributed by atoms with Gasteiger partial charge in [0, 0.05) is 32.1 Å². The Labute approximate surface area is 158 Å². The van der Waals surface area contributed by atoms with Crippen LogP contribution in [0, 0.1) is 5.92 Å². The molecule has 0 saturated carbocycles. The Bertz CT molecular complexity index is 425. The highest BCUT2D eigenvalue weighted by atomic mass is 16.6. The highest BCUT2D eigenvalue weighted by molar-refractivity contribution is 5.79. The molecule has 0 bridgehead atoms. The van der Waals surface area contributed by atoms with Gasteiger partial charge in [0.05, 0.1) is 13.2 Å². The van der Waals surface area contributed by atoms with Crippen molar-refractivity contribution in [1.82, 2.24) is 15.1 Å². The molecule has 1 fully saturated rings. The lowest BCUT2D eigenvalue weighted by atomic mass is 9.96. The molecule has 1 aliphatic heterocycles. The van der Waals surface area contributed by atoms with Gasteiger partial charge in [0.2, 0.25) is 5.91 Å². The molecule has 0 aromatic heterocycles. The molecule has 1 N–H and O–H groups in total. The average Bonchev–Trinajstić information content (AvgIpc) is 2.59. The Kier molecular flexibility index (Phi) is 9.94. The van der Waals surface area contributed by atoms with Gasteiger partial charge in [-0.05, 0) is 46.7 Å². The third kappa shape index (κ3) is 8.85. The summed E-state index contributed by atoms with van der Waals surface area (Å²) in [6.07, 6.45) is 1.06. The van der Waals surface area contributed by atoms with E-state index in [9.17, 15) is 9.59 Å². The van der Waals surface area contributed by atoms with E-state index in [1.807, 2.05) is 20.8 Å². The minimum absolute atomic E-state index is 0.0376. The summed E-state index contributed by atoms with van der Waals surface area (Å²) in [5.41, 5.74) is -0.489. The van der Waals surface area contributed by atoms with E-state index in [2.05, 4.69) is 24.1 Å². The van der Waals surface area contributed by atoms with Crippen LogP contribution in [-0.4, -0.2) is 79.9 Å². The predicted octanol–water partition coefficient (Wildman–Crippen LogP) is 2.11. The first-order valence-electron chi connectivity index (χ1n) is 9.82. The lowest BCUT2D eigenvalue weighted by Gasteiger charge is -2.32. The Hall–Kier alpha value is -1.34.